The van der Waals surface area contributed by atoms with Gasteiger partial charge in [0.2, 0.25) is 0 Å². The standard InChI is InChI=1S/C22H30Cl2N6O2/c1-3-4-5-8-30-18-19(27(2)22(32)26-20(18)31)25-21(30)29-11-9-28(10-12-29)14-15-6-7-16(23)17(24)13-15/h6-7,13,18-19H,3-5,8-12,14H2,1-2H3,(H,26,31,32). The number of nitrogens with zero attached hydrogens (tertiary/aromatic N) is 5. The summed E-state index contributed by atoms with van der Waals surface area (Å²) >= 11 is 12.2. The van der Waals surface area contributed by atoms with Crippen LogP contribution < -0.4 is 5.32 Å². The molecule has 10 heteroatoms. The van der Waals surface area contributed by atoms with Crippen molar-refractivity contribution in [1.82, 2.24) is 24.9 Å². The topological polar surface area (TPSA) is 71.5 Å². The highest BCUT2D eigenvalue weighted by molar-refractivity contribution is 6.42. The smallest absolute Gasteiger partial charge is 0.325 e. The molecule has 8 nitrogen and oxygen atoms in total. The number of hydrogen-bond acceptors (Lipinski definition) is 6. The number of rotatable bonds is 6. The van der Waals surface area contributed by atoms with Crippen molar-refractivity contribution >= 4 is 41.1 Å². The number of halogens is 2. The molecule has 174 valence electrons. The van der Waals surface area contributed by atoms with Gasteiger partial charge in [0, 0.05) is 46.3 Å². The summed E-state index contributed by atoms with van der Waals surface area (Å²) in [6, 6.07) is 4.91. The molecule has 3 heterocycles. The third kappa shape index (κ3) is 4.67. The van der Waals surface area contributed by atoms with Crippen LogP contribution in [0.4, 0.5) is 4.79 Å². The Kier molecular flexibility index (Phi) is 7.12. The number of carbonyl (C=O) groups excluding carboxylic acids is 2. The molecule has 1 N–H and O–H groups in total. The van der Waals surface area contributed by atoms with Gasteiger partial charge < -0.3 is 14.7 Å². The van der Waals surface area contributed by atoms with E-state index < -0.39 is 12.2 Å². The molecule has 0 radical (unpaired) electrons. The first-order valence-corrected chi connectivity index (χ1v) is 12.0. The van der Waals surface area contributed by atoms with Crippen LogP contribution in [0.5, 0.6) is 0 Å². The Balaban J connectivity index is 1.44. The summed E-state index contributed by atoms with van der Waals surface area (Å²) in [5.74, 6) is 0.577. The highest BCUT2D eigenvalue weighted by Gasteiger charge is 2.49. The fraction of sp³-hybridized carbons (Fsp3) is 0.591. The Morgan fingerprint density at radius 3 is 2.53 bits per heavy atom. The Labute approximate surface area is 199 Å². The van der Waals surface area contributed by atoms with Crippen molar-refractivity contribution in [3.63, 3.8) is 0 Å². The van der Waals surface area contributed by atoms with Crippen LogP contribution in [0.15, 0.2) is 23.2 Å². The number of imide groups is 1. The van der Waals surface area contributed by atoms with Gasteiger partial charge >= 0.3 is 6.03 Å². The van der Waals surface area contributed by atoms with Crippen molar-refractivity contribution in [1.29, 1.82) is 0 Å². The van der Waals surface area contributed by atoms with Crippen LogP contribution in [0, 0.1) is 0 Å². The molecule has 0 spiro atoms. The van der Waals surface area contributed by atoms with Crippen LogP contribution in [0.1, 0.15) is 31.7 Å². The van der Waals surface area contributed by atoms with Crippen molar-refractivity contribution in [3.05, 3.63) is 33.8 Å². The number of piperazine rings is 1. The van der Waals surface area contributed by atoms with Gasteiger partial charge in [-0.05, 0) is 24.1 Å². The highest BCUT2D eigenvalue weighted by atomic mass is 35.5. The number of guanidine groups is 1. The van der Waals surface area contributed by atoms with Crippen LogP contribution in [-0.2, 0) is 11.3 Å². The van der Waals surface area contributed by atoms with Gasteiger partial charge in [-0.25, -0.2) is 9.79 Å². The van der Waals surface area contributed by atoms with Gasteiger partial charge in [0.05, 0.1) is 10.0 Å². The number of urea groups is 1. The number of amides is 3. The number of hydrogen-bond donors (Lipinski definition) is 1. The quantitative estimate of drug-likeness (QED) is 0.633. The zero-order valence-electron chi connectivity index (χ0n) is 18.6. The molecule has 2 atom stereocenters. The lowest BCUT2D eigenvalue weighted by Crippen LogP contribution is -2.64. The Morgan fingerprint density at radius 1 is 1.09 bits per heavy atom. The van der Waals surface area contributed by atoms with E-state index in [1.165, 1.54) is 4.90 Å². The van der Waals surface area contributed by atoms with Crippen molar-refractivity contribution in [2.75, 3.05) is 39.8 Å². The molecule has 3 amide bonds. The average Bonchev–Trinajstić information content (AvgIpc) is 3.16. The number of benzene rings is 1. The Hall–Kier alpha value is -2.03. The van der Waals surface area contributed by atoms with Gasteiger partial charge in [0.25, 0.3) is 5.91 Å². The second kappa shape index (κ2) is 9.85. The largest absolute Gasteiger partial charge is 0.340 e. The van der Waals surface area contributed by atoms with E-state index >= 15 is 0 Å². The minimum absolute atomic E-state index is 0.258. The second-order valence-corrected chi connectivity index (χ2v) is 9.42. The molecule has 2 fully saturated rings. The molecule has 32 heavy (non-hydrogen) atoms. The van der Waals surface area contributed by atoms with Gasteiger partial charge in [-0.15, -0.1) is 0 Å². The monoisotopic (exact) mass is 480 g/mol. The predicted molar refractivity (Wildman–Crippen MR) is 126 cm³/mol. The fourth-order valence-electron chi connectivity index (χ4n) is 4.55. The highest BCUT2D eigenvalue weighted by Crippen LogP contribution is 2.27. The predicted octanol–water partition coefficient (Wildman–Crippen LogP) is 2.85. The van der Waals surface area contributed by atoms with Crippen LogP contribution in [0.25, 0.3) is 0 Å². The molecule has 1 aromatic carbocycles. The molecule has 3 aliphatic rings. The number of fused-ring (bicyclic) bond motifs is 1. The lowest BCUT2D eigenvalue weighted by molar-refractivity contribution is -0.127. The van der Waals surface area contributed by atoms with E-state index in [0.717, 1.165) is 70.1 Å². The third-order valence-corrected chi connectivity index (χ3v) is 7.13. The summed E-state index contributed by atoms with van der Waals surface area (Å²) in [5.41, 5.74) is 1.13. The van der Waals surface area contributed by atoms with Crippen molar-refractivity contribution in [3.8, 4) is 0 Å². The number of unbranched alkanes of at least 4 members (excludes halogenated alkanes) is 2. The second-order valence-electron chi connectivity index (χ2n) is 8.61. The maximum Gasteiger partial charge on any atom is 0.325 e. The summed E-state index contributed by atoms with van der Waals surface area (Å²) < 4.78 is 0. The molecule has 1 aromatic rings. The maximum absolute atomic E-state index is 12.7. The first kappa shape index (κ1) is 23.1. The number of nitrogens with one attached hydrogen (secondary N) is 1. The molecule has 0 saturated carbocycles. The third-order valence-electron chi connectivity index (χ3n) is 6.39. The maximum atomic E-state index is 12.7. The number of carbonyl (C=O) groups is 2. The Morgan fingerprint density at radius 2 is 1.84 bits per heavy atom. The van der Waals surface area contributed by atoms with E-state index in [4.69, 9.17) is 28.2 Å². The van der Waals surface area contributed by atoms with Gasteiger partial charge in [0.1, 0.15) is 0 Å². The lowest BCUT2D eigenvalue weighted by Gasteiger charge is -2.40. The van der Waals surface area contributed by atoms with Crippen LogP contribution in [0.3, 0.4) is 0 Å². The Bertz CT molecular complexity index is 902. The van der Waals surface area contributed by atoms with E-state index in [9.17, 15) is 9.59 Å². The summed E-state index contributed by atoms with van der Waals surface area (Å²) in [6.07, 6.45) is 2.71. The minimum Gasteiger partial charge on any atom is -0.340 e. The van der Waals surface area contributed by atoms with E-state index in [-0.39, 0.29) is 11.9 Å². The molecule has 4 rings (SSSR count). The molecule has 0 aliphatic carbocycles. The zero-order chi connectivity index (χ0) is 22.8. The molecule has 2 saturated heterocycles. The molecule has 0 bridgehead atoms. The summed E-state index contributed by atoms with van der Waals surface area (Å²) in [4.78, 5) is 38.0. The SMILES string of the molecule is CCCCCN1C(N2CCN(Cc3ccc(Cl)c(Cl)c3)CC2)=NC2C1C(=O)NC(=O)N2C. The molecule has 2 unspecified atom stereocenters. The molecular weight excluding hydrogens is 451 g/mol. The first-order chi connectivity index (χ1) is 15.4. The summed E-state index contributed by atoms with van der Waals surface area (Å²) in [5, 5.41) is 3.61. The normalized spacial score (nSPS) is 24.0. The lowest BCUT2D eigenvalue weighted by atomic mass is 10.1. The van der Waals surface area contributed by atoms with Gasteiger partial charge in [-0.1, -0.05) is 49.0 Å². The molecule has 3 aliphatic heterocycles. The minimum atomic E-state index is -0.470. The van der Waals surface area contributed by atoms with Gasteiger partial charge in [0.15, 0.2) is 18.2 Å². The van der Waals surface area contributed by atoms with Crippen LogP contribution in [0.2, 0.25) is 10.0 Å². The van der Waals surface area contributed by atoms with Crippen molar-refractivity contribution in [2.45, 2.75) is 44.9 Å². The summed E-state index contributed by atoms with van der Waals surface area (Å²) in [6.45, 7) is 7.09. The molecular formula is C22H30Cl2N6O2. The van der Waals surface area contributed by atoms with E-state index in [1.54, 1.807) is 7.05 Å². The number of likely N-dealkylation sites (N-methyl/N-ethyl adjacent to an activating group) is 1. The van der Waals surface area contributed by atoms with E-state index in [0.29, 0.717) is 10.0 Å². The van der Waals surface area contributed by atoms with Gasteiger partial charge in [-0.2, -0.15) is 0 Å². The first-order valence-electron chi connectivity index (χ1n) is 11.2. The number of aliphatic imine (C=N–C) groups is 1. The van der Waals surface area contributed by atoms with E-state index in [2.05, 4.69) is 26.9 Å². The van der Waals surface area contributed by atoms with Crippen LogP contribution >= 0.6 is 23.2 Å². The zero-order valence-corrected chi connectivity index (χ0v) is 20.1. The molecule has 0 aromatic heterocycles. The van der Waals surface area contributed by atoms with Crippen molar-refractivity contribution in [2.24, 2.45) is 4.99 Å². The average molecular weight is 481 g/mol. The summed E-state index contributed by atoms with van der Waals surface area (Å²) in [7, 11) is 1.70. The fourth-order valence-corrected chi connectivity index (χ4v) is 4.87. The van der Waals surface area contributed by atoms with Crippen molar-refractivity contribution < 1.29 is 9.59 Å². The van der Waals surface area contributed by atoms with Crippen LogP contribution in [-0.4, -0.2) is 89.5 Å². The van der Waals surface area contributed by atoms with E-state index in [1.807, 2.05) is 18.2 Å². The van der Waals surface area contributed by atoms with Gasteiger partial charge in [-0.3, -0.25) is 15.0 Å².